The van der Waals surface area contributed by atoms with Crippen LogP contribution in [0.1, 0.15) is 21.5 Å². The molecule has 0 aliphatic heterocycles. The summed E-state index contributed by atoms with van der Waals surface area (Å²) in [6.07, 6.45) is 0. The van der Waals surface area contributed by atoms with E-state index in [0.29, 0.717) is 29.4 Å². The van der Waals surface area contributed by atoms with Crippen LogP contribution >= 0.6 is 0 Å². The number of methoxy groups -OCH3 is 3. The largest absolute Gasteiger partial charge is 0.493 e. The molecule has 0 N–H and O–H groups in total. The van der Waals surface area contributed by atoms with E-state index in [1.807, 2.05) is 73.7 Å². The monoisotopic (exact) mass is 456 g/mol. The number of pyridine rings is 1. The molecule has 0 aliphatic carbocycles. The summed E-state index contributed by atoms with van der Waals surface area (Å²) in [4.78, 5) is 20.2. The van der Waals surface area contributed by atoms with Gasteiger partial charge in [-0.05, 0) is 37.3 Å². The number of nitrogens with zero attached hydrogens (tertiary/aromatic N) is 2. The minimum absolute atomic E-state index is 0.105. The Morgan fingerprint density at radius 2 is 1.62 bits per heavy atom. The first kappa shape index (κ1) is 23.1. The van der Waals surface area contributed by atoms with Crippen molar-refractivity contribution in [2.75, 3.05) is 28.4 Å². The number of carbonyl (C=O) groups excluding carboxylic acids is 1. The van der Waals surface area contributed by atoms with Gasteiger partial charge in [0.2, 0.25) is 5.75 Å². The molecule has 1 amide bonds. The molecule has 174 valence electrons. The van der Waals surface area contributed by atoms with Gasteiger partial charge in [0.15, 0.2) is 11.5 Å². The number of hydrogen-bond donors (Lipinski definition) is 0. The summed E-state index contributed by atoms with van der Waals surface area (Å²) >= 11 is 0. The van der Waals surface area contributed by atoms with Gasteiger partial charge in [0.25, 0.3) is 5.91 Å². The maximum atomic E-state index is 13.7. The van der Waals surface area contributed by atoms with Crippen molar-refractivity contribution >= 4 is 16.8 Å². The molecule has 0 atom stereocenters. The molecule has 1 aromatic heterocycles. The van der Waals surface area contributed by atoms with Crippen molar-refractivity contribution in [1.82, 2.24) is 9.88 Å². The molecule has 0 spiro atoms. The second-order valence-corrected chi connectivity index (χ2v) is 8.10. The van der Waals surface area contributed by atoms with Crippen LogP contribution in [0.5, 0.6) is 17.2 Å². The van der Waals surface area contributed by atoms with Gasteiger partial charge in [-0.2, -0.15) is 0 Å². The molecule has 1 heterocycles. The standard InChI is InChI=1S/C28H28N2O4/c1-18-11-13-23-21(15-18)22(16-24(29-23)19-9-7-6-8-10-19)28(31)30(2)17-20-12-14-25(32-3)27(34-5)26(20)33-4/h6-16H,17H2,1-5H3. The summed E-state index contributed by atoms with van der Waals surface area (Å²) in [6, 6.07) is 21.4. The number of hydrogen-bond acceptors (Lipinski definition) is 5. The van der Waals surface area contributed by atoms with E-state index in [2.05, 4.69) is 0 Å². The third-order valence-electron chi connectivity index (χ3n) is 5.80. The van der Waals surface area contributed by atoms with Gasteiger partial charge in [0.1, 0.15) is 0 Å². The lowest BCUT2D eigenvalue weighted by Gasteiger charge is -2.22. The summed E-state index contributed by atoms with van der Waals surface area (Å²) in [7, 11) is 6.50. The fraction of sp³-hybridized carbons (Fsp3) is 0.214. The van der Waals surface area contributed by atoms with Crippen molar-refractivity contribution < 1.29 is 19.0 Å². The van der Waals surface area contributed by atoms with Crippen LogP contribution in [0.25, 0.3) is 22.2 Å². The Morgan fingerprint density at radius 1 is 0.882 bits per heavy atom. The number of amides is 1. The molecule has 4 aromatic rings. The Kier molecular flexibility index (Phi) is 6.68. The Hall–Kier alpha value is -4.06. The van der Waals surface area contributed by atoms with Crippen molar-refractivity contribution in [3.63, 3.8) is 0 Å². The van der Waals surface area contributed by atoms with Gasteiger partial charge in [0, 0.05) is 30.1 Å². The minimum atomic E-state index is -0.105. The predicted molar refractivity (Wildman–Crippen MR) is 134 cm³/mol. The quantitative estimate of drug-likeness (QED) is 0.367. The lowest BCUT2D eigenvalue weighted by Crippen LogP contribution is -2.27. The zero-order chi connectivity index (χ0) is 24.2. The van der Waals surface area contributed by atoms with E-state index >= 15 is 0 Å². The number of benzene rings is 3. The molecule has 6 nitrogen and oxygen atoms in total. The van der Waals surface area contributed by atoms with Crippen LogP contribution in [0.2, 0.25) is 0 Å². The summed E-state index contributed by atoms with van der Waals surface area (Å²) in [5, 5.41) is 0.829. The van der Waals surface area contributed by atoms with Crippen LogP contribution in [-0.2, 0) is 6.54 Å². The third kappa shape index (κ3) is 4.39. The molecule has 6 heteroatoms. The highest BCUT2D eigenvalue weighted by Gasteiger charge is 2.21. The smallest absolute Gasteiger partial charge is 0.254 e. The zero-order valence-electron chi connectivity index (χ0n) is 20.1. The topological polar surface area (TPSA) is 60.9 Å². The number of aryl methyl sites for hydroxylation is 1. The van der Waals surface area contributed by atoms with Crippen LogP contribution in [0.15, 0.2) is 66.7 Å². The Balaban J connectivity index is 1.76. The van der Waals surface area contributed by atoms with Crippen molar-refractivity contribution in [2.24, 2.45) is 0 Å². The highest BCUT2D eigenvalue weighted by atomic mass is 16.5. The van der Waals surface area contributed by atoms with Crippen molar-refractivity contribution in [1.29, 1.82) is 0 Å². The van der Waals surface area contributed by atoms with Gasteiger partial charge in [-0.25, -0.2) is 4.98 Å². The normalized spacial score (nSPS) is 10.7. The first-order valence-corrected chi connectivity index (χ1v) is 11.0. The average Bonchev–Trinajstić information content (AvgIpc) is 2.87. The molecule has 0 saturated carbocycles. The van der Waals surface area contributed by atoms with Gasteiger partial charge >= 0.3 is 0 Å². The van der Waals surface area contributed by atoms with E-state index in [9.17, 15) is 4.79 Å². The SMILES string of the molecule is COc1ccc(CN(C)C(=O)c2cc(-c3ccccc3)nc3ccc(C)cc23)c(OC)c1OC. The first-order valence-electron chi connectivity index (χ1n) is 11.0. The molecular formula is C28H28N2O4. The van der Waals surface area contributed by atoms with E-state index in [1.54, 1.807) is 33.3 Å². The van der Waals surface area contributed by atoms with Crippen molar-refractivity contribution in [2.45, 2.75) is 13.5 Å². The highest BCUT2D eigenvalue weighted by molar-refractivity contribution is 6.07. The Morgan fingerprint density at radius 3 is 2.29 bits per heavy atom. The van der Waals surface area contributed by atoms with E-state index in [0.717, 1.165) is 33.3 Å². The summed E-state index contributed by atoms with van der Waals surface area (Å²) in [5.41, 5.74) is 5.00. The van der Waals surface area contributed by atoms with E-state index in [1.165, 1.54) is 0 Å². The lowest BCUT2D eigenvalue weighted by atomic mass is 10.0. The minimum Gasteiger partial charge on any atom is -0.493 e. The molecule has 0 bridgehead atoms. The fourth-order valence-corrected chi connectivity index (χ4v) is 4.09. The van der Waals surface area contributed by atoms with Gasteiger partial charge in [-0.1, -0.05) is 42.0 Å². The molecule has 0 saturated heterocycles. The molecule has 0 unspecified atom stereocenters. The molecular weight excluding hydrogens is 428 g/mol. The predicted octanol–water partition coefficient (Wildman–Crippen LogP) is 5.51. The van der Waals surface area contributed by atoms with Crippen LogP contribution < -0.4 is 14.2 Å². The van der Waals surface area contributed by atoms with Gasteiger partial charge in [-0.15, -0.1) is 0 Å². The summed E-state index contributed by atoms with van der Waals surface area (Å²) in [6.45, 7) is 2.34. The van der Waals surface area contributed by atoms with Crippen LogP contribution in [0, 0.1) is 6.92 Å². The molecule has 4 rings (SSSR count). The second-order valence-electron chi connectivity index (χ2n) is 8.10. The number of ether oxygens (including phenoxy) is 3. The Bertz CT molecular complexity index is 1340. The van der Waals surface area contributed by atoms with E-state index in [4.69, 9.17) is 19.2 Å². The first-order chi connectivity index (χ1) is 16.5. The Labute approximate surface area is 199 Å². The summed E-state index contributed by atoms with van der Waals surface area (Å²) in [5.74, 6) is 1.51. The van der Waals surface area contributed by atoms with Crippen LogP contribution in [-0.4, -0.2) is 44.2 Å². The second kappa shape index (κ2) is 9.83. The van der Waals surface area contributed by atoms with E-state index in [-0.39, 0.29) is 5.91 Å². The van der Waals surface area contributed by atoms with Crippen molar-refractivity contribution in [3.8, 4) is 28.5 Å². The highest BCUT2D eigenvalue weighted by Crippen LogP contribution is 2.40. The lowest BCUT2D eigenvalue weighted by molar-refractivity contribution is 0.0786. The maximum absolute atomic E-state index is 13.7. The number of rotatable bonds is 7. The molecule has 3 aromatic carbocycles. The molecule has 0 radical (unpaired) electrons. The van der Waals surface area contributed by atoms with Crippen LogP contribution in [0.3, 0.4) is 0 Å². The van der Waals surface area contributed by atoms with E-state index < -0.39 is 0 Å². The molecule has 34 heavy (non-hydrogen) atoms. The number of carbonyl (C=O) groups is 1. The molecule has 0 fully saturated rings. The number of fused-ring (bicyclic) bond motifs is 1. The zero-order valence-corrected chi connectivity index (χ0v) is 20.1. The fourth-order valence-electron chi connectivity index (χ4n) is 4.09. The summed E-state index contributed by atoms with van der Waals surface area (Å²) < 4.78 is 16.5. The third-order valence-corrected chi connectivity index (χ3v) is 5.80. The van der Waals surface area contributed by atoms with Gasteiger partial charge in [-0.3, -0.25) is 4.79 Å². The number of aromatic nitrogens is 1. The van der Waals surface area contributed by atoms with Crippen LogP contribution in [0.4, 0.5) is 0 Å². The molecule has 0 aliphatic rings. The van der Waals surface area contributed by atoms with Gasteiger partial charge < -0.3 is 19.1 Å². The van der Waals surface area contributed by atoms with Gasteiger partial charge in [0.05, 0.1) is 38.1 Å². The maximum Gasteiger partial charge on any atom is 0.254 e. The average molecular weight is 457 g/mol. The van der Waals surface area contributed by atoms with Crippen molar-refractivity contribution in [3.05, 3.63) is 83.4 Å².